The summed E-state index contributed by atoms with van der Waals surface area (Å²) in [6.45, 7) is 1.03. The van der Waals surface area contributed by atoms with Crippen LogP contribution in [0.15, 0.2) is 24.3 Å². The minimum atomic E-state index is 0.0665. The molecule has 2 fully saturated rings. The summed E-state index contributed by atoms with van der Waals surface area (Å²) in [4.78, 5) is 12.2. The van der Waals surface area contributed by atoms with Crippen LogP contribution in [0.2, 0.25) is 0 Å². The highest BCUT2D eigenvalue weighted by Gasteiger charge is 2.20. The van der Waals surface area contributed by atoms with E-state index in [1.165, 1.54) is 19.3 Å². The van der Waals surface area contributed by atoms with Crippen molar-refractivity contribution in [2.45, 2.75) is 57.1 Å². The van der Waals surface area contributed by atoms with Gasteiger partial charge in [-0.1, -0.05) is 12.1 Å². The topological polar surface area (TPSA) is 50.4 Å². The number of ether oxygens (including phenoxy) is 1. The first-order valence-corrected chi connectivity index (χ1v) is 8.10. The Morgan fingerprint density at radius 1 is 1.19 bits per heavy atom. The Morgan fingerprint density at radius 2 is 2.00 bits per heavy atom. The van der Waals surface area contributed by atoms with E-state index in [0.29, 0.717) is 18.6 Å². The van der Waals surface area contributed by atoms with Crippen molar-refractivity contribution in [3.05, 3.63) is 24.3 Å². The maximum absolute atomic E-state index is 12.2. The highest BCUT2D eigenvalue weighted by Crippen LogP contribution is 2.29. The third-order valence-corrected chi connectivity index (χ3v) is 4.35. The van der Waals surface area contributed by atoms with Gasteiger partial charge in [-0.3, -0.25) is 4.79 Å². The monoisotopic (exact) mass is 288 g/mol. The molecule has 1 aromatic rings. The zero-order valence-corrected chi connectivity index (χ0v) is 12.4. The van der Waals surface area contributed by atoms with Crippen LogP contribution in [-0.4, -0.2) is 24.6 Å². The molecule has 1 amide bonds. The van der Waals surface area contributed by atoms with Crippen LogP contribution >= 0.6 is 0 Å². The fraction of sp³-hybridized carbons (Fsp3) is 0.588. The lowest BCUT2D eigenvalue weighted by Gasteiger charge is -2.17. The van der Waals surface area contributed by atoms with E-state index >= 15 is 0 Å². The van der Waals surface area contributed by atoms with Crippen molar-refractivity contribution in [3.8, 4) is 5.75 Å². The SMILES string of the molecule is O=C(CC1CCCN1)Nc1ccccc1OC1CCCC1. The van der Waals surface area contributed by atoms with Crippen molar-refractivity contribution in [2.24, 2.45) is 0 Å². The third kappa shape index (κ3) is 3.97. The summed E-state index contributed by atoms with van der Waals surface area (Å²) < 4.78 is 6.05. The lowest BCUT2D eigenvalue weighted by molar-refractivity contribution is -0.116. The molecule has 1 atom stereocenters. The summed E-state index contributed by atoms with van der Waals surface area (Å²) in [6.07, 6.45) is 7.83. The number of hydrogen-bond acceptors (Lipinski definition) is 3. The van der Waals surface area contributed by atoms with E-state index in [1.807, 2.05) is 24.3 Å². The first-order valence-electron chi connectivity index (χ1n) is 8.10. The number of hydrogen-bond donors (Lipinski definition) is 2. The number of amides is 1. The van der Waals surface area contributed by atoms with Crippen LogP contribution in [0.4, 0.5) is 5.69 Å². The van der Waals surface area contributed by atoms with Gasteiger partial charge in [0.2, 0.25) is 5.91 Å². The molecule has 4 nitrogen and oxygen atoms in total. The molecule has 1 aromatic carbocycles. The zero-order valence-electron chi connectivity index (χ0n) is 12.4. The van der Waals surface area contributed by atoms with Crippen molar-refractivity contribution in [1.29, 1.82) is 0 Å². The van der Waals surface area contributed by atoms with Crippen molar-refractivity contribution in [3.63, 3.8) is 0 Å². The van der Waals surface area contributed by atoms with Crippen LogP contribution in [0, 0.1) is 0 Å². The van der Waals surface area contributed by atoms with Gasteiger partial charge in [-0.25, -0.2) is 0 Å². The lowest BCUT2D eigenvalue weighted by atomic mass is 10.1. The largest absolute Gasteiger partial charge is 0.488 e. The highest BCUT2D eigenvalue weighted by atomic mass is 16.5. The predicted octanol–water partition coefficient (Wildman–Crippen LogP) is 3.09. The summed E-state index contributed by atoms with van der Waals surface area (Å²) in [6, 6.07) is 8.09. The summed E-state index contributed by atoms with van der Waals surface area (Å²) in [5.41, 5.74) is 0.799. The van der Waals surface area contributed by atoms with Gasteiger partial charge in [-0.2, -0.15) is 0 Å². The predicted molar refractivity (Wildman–Crippen MR) is 83.6 cm³/mol. The van der Waals surface area contributed by atoms with Gasteiger partial charge in [0.05, 0.1) is 11.8 Å². The van der Waals surface area contributed by atoms with Gasteiger partial charge in [-0.05, 0) is 57.2 Å². The first-order chi connectivity index (χ1) is 10.3. The van der Waals surface area contributed by atoms with E-state index in [1.54, 1.807) is 0 Å². The molecule has 2 N–H and O–H groups in total. The molecule has 1 aliphatic carbocycles. The van der Waals surface area contributed by atoms with E-state index in [0.717, 1.165) is 37.2 Å². The molecule has 0 radical (unpaired) electrons. The number of rotatable bonds is 5. The maximum Gasteiger partial charge on any atom is 0.226 e. The van der Waals surface area contributed by atoms with Gasteiger partial charge in [0.15, 0.2) is 0 Å². The van der Waals surface area contributed by atoms with Crippen molar-refractivity contribution < 1.29 is 9.53 Å². The van der Waals surface area contributed by atoms with Crippen LogP contribution in [0.1, 0.15) is 44.9 Å². The molecule has 1 saturated heterocycles. The third-order valence-electron chi connectivity index (χ3n) is 4.35. The average molecular weight is 288 g/mol. The summed E-state index contributed by atoms with van der Waals surface area (Å²) >= 11 is 0. The van der Waals surface area contributed by atoms with E-state index in [4.69, 9.17) is 4.74 Å². The number of carbonyl (C=O) groups is 1. The minimum Gasteiger partial charge on any atom is -0.488 e. The maximum atomic E-state index is 12.2. The second-order valence-electron chi connectivity index (χ2n) is 6.07. The molecule has 1 aliphatic heterocycles. The second-order valence-corrected chi connectivity index (χ2v) is 6.07. The Morgan fingerprint density at radius 3 is 2.76 bits per heavy atom. The Kier molecular flexibility index (Phi) is 4.76. The lowest BCUT2D eigenvalue weighted by Crippen LogP contribution is -2.27. The number of benzene rings is 1. The molecule has 1 heterocycles. The fourth-order valence-electron chi connectivity index (χ4n) is 3.21. The van der Waals surface area contributed by atoms with Gasteiger partial charge in [0.1, 0.15) is 5.75 Å². The smallest absolute Gasteiger partial charge is 0.226 e. The quantitative estimate of drug-likeness (QED) is 0.875. The second kappa shape index (κ2) is 6.94. The molecule has 0 aromatic heterocycles. The summed E-state index contributed by atoms with van der Waals surface area (Å²) in [5, 5.41) is 6.36. The Balaban J connectivity index is 1.59. The van der Waals surface area contributed by atoms with Crippen molar-refractivity contribution >= 4 is 11.6 Å². The fourth-order valence-corrected chi connectivity index (χ4v) is 3.21. The van der Waals surface area contributed by atoms with Crippen molar-refractivity contribution in [1.82, 2.24) is 5.32 Å². The van der Waals surface area contributed by atoms with Crippen molar-refractivity contribution in [2.75, 3.05) is 11.9 Å². The number of nitrogens with one attached hydrogen (secondary N) is 2. The van der Waals surface area contributed by atoms with Crippen LogP contribution in [-0.2, 0) is 4.79 Å². The van der Waals surface area contributed by atoms with E-state index in [9.17, 15) is 4.79 Å². The summed E-state index contributed by atoms with van der Waals surface area (Å²) in [7, 11) is 0. The molecule has 4 heteroatoms. The van der Waals surface area contributed by atoms with Gasteiger partial charge in [0.25, 0.3) is 0 Å². The Hall–Kier alpha value is -1.55. The van der Waals surface area contributed by atoms with Crippen LogP contribution in [0.5, 0.6) is 5.75 Å². The number of para-hydroxylation sites is 2. The number of anilines is 1. The molecule has 1 saturated carbocycles. The van der Waals surface area contributed by atoms with Gasteiger partial charge in [-0.15, -0.1) is 0 Å². The van der Waals surface area contributed by atoms with Crippen LogP contribution in [0.25, 0.3) is 0 Å². The van der Waals surface area contributed by atoms with E-state index in [2.05, 4.69) is 10.6 Å². The number of carbonyl (C=O) groups excluding carboxylic acids is 1. The van der Waals surface area contributed by atoms with Gasteiger partial charge in [0, 0.05) is 12.5 Å². The zero-order chi connectivity index (χ0) is 14.5. The minimum absolute atomic E-state index is 0.0665. The molecule has 2 aliphatic rings. The average Bonchev–Trinajstić information content (AvgIpc) is 3.14. The molecule has 3 rings (SSSR count). The highest BCUT2D eigenvalue weighted by molar-refractivity contribution is 5.92. The standard InChI is InChI=1S/C17H24N2O2/c20-17(12-13-6-5-11-18-13)19-15-9-3-4-10-16(15)21-14-7-1-2-8-14/h3-4,9-10,13-14,18H,1-2,5-8,11-12H2,(H,19,20). The first kappa shape index (κ1) is 14.4. The van der Waals surface area contributed by atoms with Crippen LogP contribution < -0.4 is 15.4 Å². The molecule has 114 valence electrons. The normalized spacial score (nSPS) is 22.4. The van der Waals surface area contributed by atoms with Gasteiger partial charge >= 0.3 is 0 Å². The van der Waals surface area contributed by atoms with E-state index < -0.39 is 0 Å². The van der Waals surface area contributed by atoms with E-state index in [-0.39, 0.29) is 5.91 Å². The molecule has 1 unspecified atom stereocenters. The summed E-state index contributed by atoms with van der Waals surface area (Å²) in [5.74, 6) is 0.869. The Labute approximate surface area is 126 Å². The van der Waals surface area contributed by atoms with Gasteiger partial charge < -0.3 is 15.4 Å². The molecular formula is C17H24N2O2. The molecule has 0 bridgehead atoms. The molecular weight excluding hydrogens is 264 g/mol. The van der Waals surface area contributed by atoms with Crippen LogP contribution in [0.3, 0.4) is 0 Å². The molecule has 21 heavy (non-hydrogen) atoms. The molecule has 0 spiro atoms. The Bertz CT molecular complexity index is 477.